The minimum Gasteiger partial charge on any atom is -0.326 e. The monoisotopic (exact) mass is 277 g/mol. The van der Waals surface area contributed by atoms with E-state index in [-0.39, 0.29) is 5.82 Å². The van der Waals surface area contributed by atoms with Crippen LogP contribution in [0.5, 0.6) is 0 Å². The van der Waals surface area contributed by atoms with E-state index >= 15 is 0 Å². The summed E-state index contributed by atoms with van der Waals surface area (Å²) in [5.74, 6) is -0.155. The van der Waals surface area contributed by atoms with Crippen molar-refractivity contribution in [3.8, 4) is 0 Å². The molecule has 0 aliphatic carbocycles. The van der Waals surface area contributed by atoms with Gasteiger partial charge in [-0.15, -0.1) is 0 Å². The Bertz CT molecular complexity index is 428. The molecule has 1 aromatic rings. The molecule has 2 unspecified atom stereocenters. The second-order valence-corrected chi connectivity index (χ2v) is 6.12. The summed E-state index contributed by atoms with van der Waals surface area (Å²) in [6, 6.07) is 7.73. The van der Waals surface area contributed by atoms with Crippen LogP contribution >= 0.6 is 0 Å². The highest BCUT2D eigenvalue weighted by Gasteiger charge is 2.28. The lowest BCUT2D eigenvalue weighted by Gasteiger charge is -2.31. The lowest BCUT2D eigenvalue weighted by Crippen LogP contribution is -2.37. The van der Waals surface area contributed by atoms with E-state index in [9.17, 15) is 4.39 Å². The van der Waals surface area contributed by atoms with Crippen molar-refractivity contribution in [1.29, 1.82) is 0 Å². The van der Waals surface area contributed by atoms with Crippen molar-refractivity contribution < 1.29 is 4.39 Å². The third kappa shape index (κ3) is 3.19. The molecule has 0 saturated carbocycles. The highest BCUT2D eigenvalue weighted by atomic mass is 19.1. The fraction of sp³-hybridized carbons (Fsp3) is 0.625. The van der Waals surface area contributed by atoms with Crippen LogP contribution < -0.4 is 5.73 Å². The highest BCUT2D eigenvalue weighted by Crippen LogP contribution is 2.27. The van der Waals surface area contributed by atoms with E-state index in [0.717, 1.165) is 39.1 Å². The summed E-state index contributed by atoms with van der Waals surface area (Å²) in [5.41, 5.74) is 7.24. The summed E-state index contributed by atoms with van der Waals surface area (Å²) in [4.78, 5) is 4.99. The molecule has 2 fully saturated rings. The van der Waals surface area contributed by atoms with Gasteiger partial charge >= 0.3 is 0 Å². The molecule has 2 saturated heterocycles. The standard InChI is InChI=1S/C16H24FN3/c17-14-5-3-13(4-6-14)16(20-8-1-2-9-20)12-19-10-7-15(18)11-19/h3-6,15-16H,1-2,7-12,18H2. The molecule has 4 heteroatoms. The van der Waals surface area contributed by atoms with Gasteiger partial charge in [0.05, 0.1) is 0 Å². The summed E-state index contributed by atoms with van der Waals surface area (Å²) >= 11 is 0. The molecule has 2 N–H and O–H groups in total. The lowest BCUT2D eigenvalue weighted by molar-refractivity contribution is 0.179. The predicted molar refractivity (Wildman–Crippen MR) is 79.0 cm³/mol. The van der Waals surface area contributed by atoms with Gasteiger partial charge in [0.15, 0.2) is 0 Å². The summed E-state index contributed by atoms with van der Waals surface area (Å²) in [6.45, 7) is 5.40. The van der Waals surface area contributed by atoms with Crippen LogP contribution in [-0.2, 0) is 0 Å². The van der Waals surface area contributed by atoms with Crippen molar-refractivity contribution in [2.75, 3.05) is 32.7 Å². The van der Waals surface area contributed by atoms with Crippen LogP contribution in [0.1, 0.15) is 30.9 Å². The van der Waals surface area contributed by atoms with E-state index < -0.39 is 0 Å². The zero-order chi connectivity index (χ0) is 13.9. The zero-order valence-electron chi connectivity index (χ0n) is 12.0. The lowest BCUT2D eigenvalue weighted by atomic mass is 10.0. The van der Waals surface area contributed by atoms with Crippen LogP contribution in [0.2, 0.25) is 0 Å². The Labute approximate surface area is 120 Å². The van der Waals surface area contributed by atoms with Gasteiger partial charge in [-0.25, -0.2) is 4.39 Å². The van der Waals surface area contributed by atoms with Gasteiger partial charge in [0.1, 0.15) is 5.82 Å². The Morgan fingerprint density at radius 1 is 1.15 bits per heavy atom. The molecule has 20 heavy (non-hydrogen) atoms. The van der Waals surface area contributed by atoms with E-state index in [1.807, 2.05) is 12.1 Å². The maximum Gasteiger partial charge on any atom is 0.123 e. The first-order chi connectivity index (χ1) is 9.72. The molecule has 110 valence electrons. The molecular weight excluding hydrogens is 253 g/mol. The molecule has 2 heterocycles. The number of rotatable bonds is 4. The van der Waals surface area contributed by atoms with Gasteiger partial charge < -0.3 is 5.73 Å². The van der Waals surface area contributed by atoms with Gasteiger partial charge in [0, 0.05) is 25.2 Å². The summed E-state index contributed by atoms with van der Waals surface area (Å²) in [5, 5.41) is 0. The first-order valence-electron chi connectivity index (χ1n) is 7.70. The van der Waals surface area contributed by atoms with E-state index in [1.165, 1.54) is 18.4 Å². The minimum absolute atomic E-state index is 0.155. The van der Waals surface area contributed by atoms with Crippen molar-refractivity contribution in [2.45, 2.75) is 31.3 Å². The maximum absolute atomic E-state index is 13.1. The van der Waals surface area contributed by atoms with Crippen LogP contribution in [0.4, 0.5) is 4.39 Å². The SMILES string of the molecule is NC1CCN(CC(c2ccc(F)cc2)N2CCCC2)C1. The Morgan fingerprint density at radius 3 is 2.45 bits per heavy atom. The van der Waals surface area contributed by atoms with Crippen LogP contribution in [0, 0.1) is 5.82 Å². The second kappa shape index (κ2) is 6.20. The molecular formula is C16H24FN3. The van der Waals surface area contributed by atoms with Crippen LogP contribution in [0.15, 0.2) is 24.3 Å². The molecule has 0 radical (unpaired) electrons. The predicted octanol–water partition coefficient (Wildman–Crippen LogP) is 2.00. The molecule has 0 spiro atoms. The number of halogens is 1. The first-order valence-corrected chi connectivity index (χ1v) is 7.70. The van der Waals surface area contributed by atoms with Crippen molar-refractivity contribution in [3.63, 3.8) is 0 Å². The Morgan fingerprint density at radius 2 is 1.85 bits per heavy atom. The zero-order valence-corrected chi connectivity index (χ0v) is 12.0. The van der Waals surface area contributed by atoms with E-state index in [0.29, 0.717) is 12.1 Å². The van der Waals surface area contributed by atoms with Crippen molar-refractivity contribution in [2.24, 2.45) is 5.73 Å². The fourth-order valence-electron chi connectivity index (χ4n) is 3.44. The average Bonchev–Trinajstić information content (AvgIpc) is 3.09. The molecule has 0 bridgehead atoms. The third-order valence-corrected chi connectivity index (χ3v) is 4.58. The molecule has 2 aliphatic heterocycles. The molecule has 1 aromatic carbocycles. The van der Waals surface area contributed by atoms with Crippen molar-refractivity contribution in [3.05, 3.63) is 35.6 Å². The molecule has 3 nitrogen and oxygen atoms in total. The van der Waals surface area contributed by atoms with Crippen molar-refractivity contribution >= 4 is 0 Å². The van der Waals surface area contributed by atoms with Crippen LogP contribution in [-0.4, -0.2) is 48.6 Å². The van der Waals surface area contributed by atoms with Gasteiger partial charge in [0.25, 0.3) is 0 Å². The normalized spacial score (nSPS) is 26.2. The summed E-state index contributed by atoms with van der Waals surface area (Å²) in [6.07, 6.45) is 3.64. The highest BCUT2D eigenvalue weighted by molar-refractivity contribution is 5.21. The van der Waals surface area contributed by atoms with Crippen molar-refractivity contribution in [1.82, 2.24) is 9.80 Å². The molecule has 3 rings (SSSR count). The van der Waals surface area contributed by atoms with E-state index in [1.54, 1.807) is 12.1 Å². The number of hydrogen-bond acceptors (Lipinski definition) is 3. The molecule has 2 atom stereocenters. The first kappa shape index (κ1) is 14.0. The maximum atomic E-state index is 13.1. The van der Waals surface area contributed by atoms with Gasteiger partial charge in [0.2, 0.25) is 0 Å². The average molecular weight is 277 g/mol. The fourth-order valence-corrected chi connectivity index (χ4v) is 3.44. The number of likely N-dealkylation sites (tertiary alicyclic amines) is 2. The summed E-state index contributed by atoms with van der Waals surface area (Å²) < 4.78 is 13.1. The Balaban J connectivity index is 1.74. The van der Waals surface area contributed by atoms with Crippen LogP contribution in [0.25, 0.3) is 0 Å². The van der Waals surface area contributed by atoms with Gasteiger partial charge in [-0.3, -0.25) is 9.80 Å². The smallest absolute Gasteiger partial charge is 0.123 e. The Kier molecular flexibility index (Phi) is 4.34. The van der Waals surface area contributed by atoms with Crippen LogP contribution in [0.3, 0.4) is 0 Å². The third-order valence-electron chi connectivity index (χ3n) is 4.58. The number of nitrogens with two attached hydrogens (primary N) is 1. The van der Waals surface area contributed by atoms with E-state index in [2.05, 4.69) is 9.80 Å². The minimum atomic E-state index is -0.155. The van der Waals surface area contributed by atoms with E-state index in [4.69, 9.17) is 5.73 Å². The quantitative estimate of drug-likeness (QED) is 0.913. The number of nitrogens with zero attached hydrogens (tertiary/aromatic N) is 2. The largest absolute Gasteiger partial charge is 0.326 e. The van der Waals surface area contributed by atoms with Gasteiger partial charge in [-0.2, -0.15) is 0 Å². The van der Waals surface area contributed by atoms with Gasteiger partial charge in [-0.1, -0.05) is 12.1 Å². The molecule has 0 aromatic heterocycles. The number of benzene rings is 1. The number of hydrogen-bond donors (Lipinski definition) is 1. The van der Waals surface area contributed by atoms with Gasteiger partial charge in [-0.05, 0) is 56.6 Å². The molecule has 0 amide bonds. The Hall–Kier alpha value is -0.970. The summed E-state index contributed by atoms with van der Waals surface area (Å²) in [7, 11) is 0. The molecule has 2 aliphatic rings. The topological polar surface area (TPSA) is 32.5 Å². The second-order valence-electron chi connectivity index (χ2n) is 6.12.